The molecule has 2 aromatic carbocycles. The van der Waals surface area contributed by atoms with Crippen LogP contribution in [0.4, 0.5) is 5.82 Å². The molecule has 1 aliphatic heterocycles. The standard InChI is InChI=1S/C29H27Cl2N5O3/c1-20-4-6-21(7-5-20)26-10-11-27(33-32-26)34-12-14-35(15-13-34)28(37)19-36(18-23-3-2-16-39-23)29(38)24-9-8-22(30)17-25(24)31/h2-11,16-17H,12-15,18-19H2,1H3. The molecule has 2 aromatic heterocycles. The minimum atomic E-state index is -0.371. The van der Waals surface area contributed by atoms with Crippen molar-refractivity contribution in [2.75, 3.05) is 37.6 Å². The fourth-order valence-corrected chi connectivity index (χ4v) is 4.93. The maximum Gasteiger partial charge on any atom is 0.256 e. The Morgan fingerprint density at radius 2 is 1.72 bits per heavy atom. The maximum absolute atomic E-state index is 13.4. The zero-order chi connectivity index (χ0) is 27.4. The molecule has 1 fully saturated rings. The van der Waals surface area contributed by atoms with Crippen LogP contribution in [0.1, 0.15) is 21.7 Å². The number of hydrogen-bond acceptors (Lipinski definition) is 6. The third-order valence-corrected chi connectivity index (χ3v) is 7.20. The van der Waals surface area contributed by atoms with Gasteiger partial charge in [0.1, 0.15) is 12.3 Å². The molecule has 1 aliphatic rings. The monoisotopic (exact) mass is 563 g/mol. The molecule has 0 bridgehead atoms. The smallest absolute Gasteiger partial charge is 0.256 e. The van der Waals surface area contributed by atoms with Crippen molar-refractivity contribution in [1.29, 1.82) is 0 Å². The zero-order valence-electron chi connectivity index (χ0n) is 21.4. The van der Waals surface area contributed by atoms with E-state index in [4.69, 9.17) is 27.6 Å². The largest absolute Gasteiger partial charge is 0.467 e. The Morgan fingerprint density at radius 1 is 0.949 bits per heavy atom. The van der Waals surface area contributed by atoms with Crippen LogP contribution in [0.3, 0.4) is 0 Å². The van der Waals surface area contributed by atoms with E-state index < -0.39 is 0 Å². The highest BCUT2D eigenvalue weighted by Crippen LogP contribution is 2.24. The normalized spacial score (nSPS) is 13.4. The van der Waals surface area contributed by atoms with E-state index in [1.165, 1.54) is 22.8 Å². The number of carbonyl (C=O) groups is 2. The average molecular weight is 564 g/mol. The second kappa shape index (κ2) is 11.9. The fourth-order valence-electron chi connectivity index (χ4n) is 4.44. The quantitative estimate of drug-likeness (QED) is 0.301. The number of halogens is 2. The molecule has 2 amide bonds. The molecule has 0 radical (unpaired) electrons. The zero-order valence-corrected chi connectivity index (χ0v) is 22.9. The van der Waals surface area contributed by atoms with Gasteiger partial charge in [-0.05, 0) is 49.4 Å². The van der Waals surface area contributed by atoms with Gasteiger partial charge in [-0.3, -0.25) is 9.59 Å². The third-order valence-electron chi connectivity index (χ3n) is 6.66. The van der Waals surface area contributed by atoms with E-state index in [0.29, 0.717) is 37.0 Å². The number of aromatic nitrogens is 2. The number of anilines is 1. The van der Waals surface area contributed by atoms with E-state index in [2.05, 4.69) is 27.2 Å². The van der Waals surface area contributed by atoms with Crippen LogP contribution in [0.15, 0.2) is 77.4 Å². The van der Waals surface area contributed by atoms with Gasteiger partial charge in [0.15, 0.2) is 5.82 Å². The van der Waals surface area contributed by atoms with E-state index in [9.17, 15) is 9.59 Å². The van der Waals surface area contributed by atoms with Crippen molar-refractivity contribution >= 4 is 40.8 Å². The van der Waals surface area contributed by atoms with Crippen LogP contribution in [-0.4, -0.2) is 64.5 Å². The number of aryl methyl sites for hydroxylation is 1. The first-order valence-electron chi connectivity index (χ1n) is 12.6. The predicted octanol–water partition coefficient (Wildman–Crippen LogP) is 5.34. The molecule has 8 nitrogen and oxygen atoms in total. The molecule has 0 unspecified atom stereocenters. The molecule has 200 valence electrons. The Morgan fingerprint density at radius 3 is 2.36 bits per heavy atom. The van der Waals surface area contributed by atoms with Crippen molar-refractivity contribution < 1.29 is 14.0 Å². The Kier molecular flexibility index (Phi) is 8.14. The molecule has 0 N–H and O–H groups in total. The van der Waals surface area contributed by atoms with Gasteiger partial charge < -0.3 is 19.1 Å². The lowest BCUT2D eigenvalue weighted by atomic mass is 10.1. The number of amides is 2. The Hall–Kier alpha value is -3.88. The Bertz CT molecular complexity index is 1440. The van der Waals surface area contributed by atoms with Crippen LogP contribution in [-0.2, 0) is 11.3 Å². The number of nitrogens with zero attached hydrogens (tertiary/aromatic N) is 5. The van der Waals surface area contributed by atoms with Crippen LogP contribution in [0.5, 0.6) is 0 Å². The number of benzene rings is 2. The van der Waals surface area contributed by atoms with E-state index in [-0.39, 0.29) is 35.5 Å². The van der Waals surface area contributed by atoms with E-state index in [0.717, 1.165) is 17.1 Å². The summed E-state index contributed by atoms with van der Waals surface area (Å²) in [6, 6.07) is 20.3. The highest BCUT2D eigenvalue weighted by Gasteiger charge is 2.27. The number of hydrogen-bond donors (Lipinski definition) is 0. The SMILES string of the molecule is Cc1ccc(-c2ccc(N3CCN(C(=O)CN(Cc4ccco4)C(=O)c4ccc(Cl)cc4Cl)CC3)nn2)cc1. The Labute approximate surface area is 236 Å². The van der Waals surface area contributed by atoms with Gasteiger partial charge in [-0.15, -0.1) is 10.2 Å². The lowest BCUT2D eigenvalue weighted by Crippen LogP contribution is -2.52. The summed E-state index contributed by atoms with van der Waals surface area (Å²) in [5, 5.41) is 9.48. The first-order valence-corrected chi connectivity index (χ1v) is 13.3. The Balaban J connectivity index is 1.22. The number of furan rings is 1. The van der Waals surface area contributed by atoms with E-state index in [1.807, 2.05) is 31.2 Å². The average Bonchev–Trinajstić information content (AvgIpc) is 3.46. The highest BCUT2D eigenvalue weighted by atomic mass is 35.5. The molecule has 4 aromatic rings. The number of piperazine rings is 1. The topological polar surface area (TPSA) is 82.8 Å². The lowest BCUT2D eigenvalue weighted by Gasteiger charge is -2.36. The summed E-state index contributed by atoms with van der Waals surface area (Å²) in [6.07, 6.45) is 1.53. The summed E-state index contributed by atoms with van der Waals surface area (Å²) >= 11 is 12.3. The maximum atomic E-state index is 13.4. The lowest BCUT2D eigenvalue weighted by molar-refractivity contribution is -0.132. The molecular formula is C29H27Cl2N5O3. The second-order valence-electron chi connectivity index (χ2n) is 9.38. The fraction of sp³-hybridized carbons (Fsp3) is 0.241. The van der Waals surface area contributed by atoms with Crippen LogP contribution in [0, 0.1) is 6.92 Å². The van der Waals surface area contributed by atoms with Gasteiger partial charge in [0.05, 0.1) is 29.1 Å². The summed E-state index contributed by atoms with van der Waals surface area (Å²) in [5.74, 6) is 0.813. The summed E-state index contributed by atoms with van der Waals surface area (Å²) in [7, 11) is 0. The van der Waals surface area contributed by atoms with Crippen molar-refractivity contribution in [1.82, 2.24) is 20.0 Å². The molecular weight excluding hydrogens is 537 g/mol. The van der Waals surface area contributed by atoms with Crippen LogP contribution in [0.25, 0.3) is 11.3 Å². The van der Waals surface area contributed by atoms with Gasteiger partial charge in [-0.25, -0.2) is 0 Å². The summed E-state index contributed by atoms with van der Waals surface area (Å²) in [5.41, 5.74) is 3.30. The van der Waals surface area contributed by atoms with Crippen LogP contribution in [0.2, 0.25) is 10.0 Å². The number of rotatable bonds is 7. The molecule has 0 atom stereocenters. The first kappa shape index (κ1) is 26.7. The van der Waals surface area contributed by atoms with Gasteiger partial charge in [-0.1, -0.05) is 53.0 Å². The van der Waals surface area contributed by atoms with Crippen molar-refractivity contribution in [3.63, 3.8) is 0 Å². The number of carbonyl (C=O) groups excluding carboxylic acids is 2. The third kappa shape index (κ3) is 6.41. The van der Waals surface area contributed by atoms with Crippen molar-refractivity contribution in [2.45, 2.75) is 13.5 Å². The summed E-state index contributed by atoms with van der Waals surface area (Å²) in [4.78, 5) is 32.0. The van der Waals surface area contributed by atoms with Crippen molar-refractivity contribution in [2.24, 2.45) is 0 Å². The summed E-state index contributed by atoms with van der Waals surface area (Å²) < 4.78 is 5.44. The van der Waals surface area contributed by atoms with E-state index in [1.54, 1.807) is 29.2 Å². The second-order valence-corrected chi connectivity index (χ2v) is 10.2. The van der Waals surface area contributed by atoms with E-state index >= 15 is 0 Å². The predicted molar refractivity (Wildman–Crippen MR) is 151 cm³/mol. The van der Waals surface area contributed by atoms with Gasteiger partial charge in [-0.2, -0.15) is 0 Å². The van der Waals surface area contributed by atoms with Crippen molar-refractivity contribution in [3.8, 4) is 11.3 Å². The van der Waals surface area contributed by atoms with Gasteiger partial charge >= 0.3 is 0 Å². The first-order chi connectivity index (χ1) is 18.9. The molecule has 0 aliphatic carbocycles. The molecule has 0 spiro atoms. The summed E-state index contributed by atoms with van der Waals surface area (Å²) in [6.45, 7) is 4.31. The van der Waals surface area contributed by atoms with Crippen LogP contribution < -0.4 is 4.90 Å². The minimum absolute atomic E-state index is 0.108. The highest BCUT2D eigenvalue weighted by molar-refractivity contribution is 6.36. The van der Waals surface area contributed by atoms with Crippen LogP contribution >= 0.6 is 23.2 Å². The van der Waals surface area contributed by atoms with Gasteiger partial charge in [0.25, 0.3) is 5.91 Å². The molecule has 39 heavy (non-hydrogen) atoms. The minimum Gasteiger partial charge on any atom is -0.467 e. The van der Waals surface area contributed by atoms with Gasteiger partial charge in [0.2, 0.25) is 5.91 Å². The molecule has 0 saturated carbocycles. The molecule has 10 heteroatoms. The molecule has 1 saturated heterocycles. The van der Waals surface area contributed by atoms with Gasteiger partial charge in [0, 0.05) is 36.8 Å². The molecule has 3 heterocycles. The van der Waals surface area contributed by atoms with Crippen molar-refractivity contribution in [3.05, 3.63) is 99.9 Å². The molecule has 5 rings (SSSR count).